The van der Waals surface area contributed by atoms with Gasteiger partial charge in [0.1, 0.15) is 11.5 Å². The van der Waals surface area contributed by atoms with Crippen molar-refractivity contribution in [3.05, 3.63) is 24.3 Å². The van der Waals surface area contributed by atoms with Gasteiger partial charge in [0.15, 0.2) is 0 Å². The first-order chi connectivity index (χ1) is 13.7. The smallest absolute Gasteiger partial charge is 0.241 e. The summed E-state index contributed by atoms with van der Waals surface area (Å²) in [6, 6.07) is 6.56. The first-order valence-corrected chi connectivity index (χ1v) is 11.7. The molecule has 0 aromatic heterocycles. The number of ether oxygens (including phenoxy) is 1. The molecule has 1 N–H and O–H groups in total. The Morgan fingerprint density at radius 3 is 2.17 bits per heavy atom. The lowest BCUT2D eigenvalue weighted by atomic mass is 9.84. The van der Waals surface area contributed by atoms with Crippen LogP contribution in [0.1, 0.15) is 33.1 Å². The minimum absolute atomic E-state index is 0.0274. The third kappa shape index (κ3) is 5.85. The molecule has 1 aliphatic carbocycles. The van der Waals surface area contributed by atoms with Crippen molar-refractivity contribution in [2.45, 2.75) is 39.2 Å². The van der Waals surface area contributed by atoms with Gasteiger partial charge in [-0.25, -0.2) is 8.42 Å². The van der Waals surface area contributed by atoms with E-state index in [2.05, 4.69) is 4.72 Å². The molecule has 0 spiro atoms. The highest BCUT2D eigenvalue weighted by molar-refractivity contribution is 7.93. The third-order valence-electron chi connectivity index (χ3n) is 5.21. The molecule has 29 heavy (non-hydrogen) atoms. The SMILES string of the molecule is CC(C)Oc1ccc(NS(=O)(=O)CC(=O)N2CCN(C(=O)C3CCC3)CC2)cc1. The Morgan fingerprint density at radius 2 is 1.66 bits per heavy atom. The molecule has 0 unspecified atom stereocenters. The fourth-order valence-electron chi connectivity index (χ4n) is 3.43. The summed E-state index contributed by atoms with van der Waals surface area (Å²) < 4.78 is 32.7. The van der Waals surface area contributed by atoms with E-state index >= 15 is 0 Å². The van der Waals surface area contributed by atoms with Gasteiger partial charge in [-0.15, -0.1) is 0 Å². The lowest BCUT2D eigenvalue weighted by molar-refractivity contribution is -0.143. The summed E-state index contributed by atoms with van der Waals surface area (Å²) in [4.78, 5) is 28.0. The normalized spacial score (nSPS) is 17.8. The molecule has 0 radical (unpaired) electrons. The topological polar surface area (TPSA) is 96.0 Å². The van der Waals surface area contributed by atoms with Crippen molar-refractivity contribution >= 4 is 27.5 Å². The van der Waals surface area contributed by atoms with E-state index in [1.54, 1.807) is 29.2 Å². The van der Waals surface area contributed by atoms with Crippen molar-refractivity contribution < 1.29 is 22.7 Å². The quantitative estimate of drug-likeness (QED) is 0.720. The van der Waals surface area contributed by atoms with Gasteiger partial charge < -0.3 is 14.5 Å². The second-order valence-corrected chi connectivity index (χ2v) is 9.61. The average molecular weight is 424 g/mol. The highest BCUT2D eigenvalue weighted by Gasteiger charge is 2.32. The van der Waals surface area contributed by atoms with Gasteiger partial charge in [0.2, 0.25) is 21.8 Å². The molecule has 1 aromatic carbocycles. The van der Waals surface area contributed by atoms with Crippen LogP contribution in [0.3, 0.4) is 0 Å². The number of sulfonamides is 1. The molecule has 2 amide bonds. The number of amides is 2. The summed E-state index contributed by atoms with van der Waals surface area (Å²) in [5.41, 5.74) is 0.379. The molecule has 0 atom stereocenters. The third-order valence-corrected chi connectivity index (χ3v) is 6.39. The largest absolute Gasteiger partial charge is 0.491 e. The summed E-state index contributed by atoms with van der Waals surface area (Å²) in [5, 5.41) is 0. The Balaban J connectivity index is 1.48. The number of hydrogen-bond donors (Lipinski definition) is 1. The van der Waals surface area contributed by atoms with Crippen LogP contribution in [0, 0.1) is 5.92 Å². The standard InChI is InChI=1S/C20H29N3O5S/c1-15(2)28-18-8-6-17(7-9-18)21-29(26,27)14-19(24)22-10-12-23(13-11-22)20(25)16-4-3-5-16/h6-9,15-16,21H,3-5,10-14H2,1-2H3. The van der Waals surface area contributed by atoms with Crippen LogP contribution in [-0.4, -0.2) is 68.1 Å². The molecule has 1 aromatic rings. The van der Waals surface area contributed by atoms with Crippen molar-refractivity contribution in [2.75, 3.05) is 36.7 Å². The maximum Gasteiger partial charge on any atom is 0.241 e. The van der Waals surface area contributed by atoms with E-state index in [-0.39, 0.29) is 17.9 Å². The van der Waals surface area contributed by atoms with Crippen LogP contribution in [0.2, 0.25) is 0 Å². The van der Waals surface area contributed by atoms with E-state index in [0.29, 0.717) is 37.6 Å². The zero-order valence-electron chi connectivity index (χ0n) is 17.0. The zero-order valence-corrected chi connectivity index (χ0v) is 17.8. The molecule has 2 fully saturated rings. The van der Waals surface area contributed by atoms with Gasteiger partial charge in [-0.3, -0.25) is 14.3 Å². The molecule has 1 aliphatic heterocycles. The van der Waals surface area contributed by atoms with E-state index in [1.165, 1.54) is 4.90 Å². The minimum Gasteiger partial charge on any atom is -0.491 e. The number of hydrogen-bond acceptors (Lipinski definition) is 5. The van der Waals surface area contributed by atoms with Crippen molar-refractivity contribution in [1.29, 1.82) is 0 Å². The summed E-state index contributed by atoms with van der Waals surface area (Å²) in [6.07, 6.45) is 3.03. The van der Waals surface area contributed by atoms with E-state index in [0.717, 1.165) is 19.3 Å². The van der Waals surface area contributed by atoms with Crippen LogP contribution in [0.5, 0.6) is 5.75 Å². The highest BCUT2D eigenvalue weighted by atomic mass is 32.2. The molecule has 9 heteroatoms. The summed E-state index contributed by atoms with van der Waals surface area (Å²) >= 11 is 0. The van der Waals surface area contributed by atoms with Gasteiger partial charge in [-0.05, 0) is 51.0 Å². The molecule has 2 aliphatic rings. The Labute approximate surface area is 172 Å². The first-order valence-electron chi connectivity index (χ1n) is 10.1. The lowest BCUT2D eigenvalue weighted by Crippen LogP contribution is -2.53. The van der Waals surface area contributed by atoms with Crippen LogP contribution in [0.4, 0.5) is 5.69 Å². The fourth-order valence-corrected chi connectivity index (χ4v) is 4.51. The lowest BCUT2D eigenvalue weighted by Gasteiger charge is -2.38. The number of nitrogens with zero attached hydrogens (tertiary/aromatic N) is 2. The van der Waals surface area contributed by atoms with Crippen LogP contribution < -0.4 is 9.46 Å². The van der Waals surface area contributed by atoms with Crippen molar-refractivity contribution in [2.24, 2.45) is 5.92 Å². The first kappa shape index (κ1) is 21.4. The Bertz CT molecular complexity index is 826. The number of rotatable bonds is 7. The molecule has 1 saturated heterocycles. The van der Waals surface area contributed by atoms with Crippen LogP contribution in [0.15, 0.2) is 24.3 Å². The monoisotopic (exact) mass is 423 g/mol. The molecule has 160 valence electrons. The summed E-state index contributed by atoms with van der Waals surface area (Å²) in [7, 11) is -3.82. The molecular formula is C20H29N3O5S. The number of piperazine rings is 1. The van der Waals surface area contributed by atoms with Gasteiger partial charge in [-0.1, -0.05) is 6.42 Å². The number of benzene rings is 1. The fraction of sp³-hybridized carbons (Fsp3) is 0.600. The number of carbonyl (C=O) groups excluding carboxylic acids is 2. The maximum atomic E-state index is 12.4. The second-order valence-electron chi connectivity index (χ2n) is 7.89. The van der Waals surface area contributed by atoms with Gasteiger partial charge >= 0.3 is 0 Å². The number of nitrogens with one attached hydrogen (secondary N) is 1. The predicted molar refractivity (Wildman–Crippen MR) is 110 cm³/mol. The summed E-state index contributed by atoms with van der Waals surface area (Å²) in [6.45, 7) is 5.48. The Hall–Kier alpha value is -2.29. The van der Waals surface area contributed by atoms with Crippen molar-refractivity contribution in [1.82, 2.24) is 9.80 Å². The zero-order chi connectivity index (χ0) is 21.0. The van der Waals surface area contributed by atoms with Gasteiger partial charge in [0.25, 0.3) is 0 Å². The van der Waals surface area contributed by atoms with E-state index in [4.69, 9.17) is 4.74 Å². The second kappa shape index (κ2) is 9.02. The summed E-state index contributed by atoms with van der Waals surface area (Å²) in [5.74, 6) is -0.114. The number of carbonyl (C=O) groups is 2. The molecule has 1 heterocycles. The molecule has 3 rings (SSSR count). The number of anilines is 1. The van der Waals surface area contributed by atoms with Crippen molar-refractivity contribution in [3.63, 3.8) is 0 Å². The van der Waals surface area contributed by atoms with E-state index < -0.39 is 21.7 Å². The van der Waals surface area contributed by atoms with Crippen molar-refractivity contribution in [3.8, 4) is 5.75 Å². The average Bonchev–Trinajstić information content (AvgIpc) is 2.61. The predicted octanol–water partition coefficient (Wildman–Crippen LogP) is 1.69. The molecular weight excluding hydrogens is 394 g/mol. The van der Waals surface area contributed by atoms with E-state index in [1.807, 2.05) is 13.8 Å². The molecule has 8 nitrogen and oxygen atoms in total. The molecule has 1 saturated carbocycles. The van der Waals surface area contributed by atoms with Gasteiger partial charge in [0.05, 0.1) is 6.10 Å². The van der Waals surface area contributed by atoms with Gasteiger partial charge in [0, 0.05) is 37.8 Å². The maximum absolute atomic E-state index is 12.4. The molecule has 0 bridgehead atoms. The van der Waals surface area contributed by atoms with Crippen LogP contribution in [0.25, 0.3) is 0 Å². The Kier molecular flexibility index (Phi) is 6.66. The Morgan fingerprint density at radius 1 is 1.07 bits per heavy atom. The van der Waals surface area contributed by atoms with E-state index in [9.17, 15) is 18.0 Å². The van der Waals surface area contributed by atoms with Gasteiger partial charge in [-0.2, -0.15) is 0 Å². The highest BCUT2D eigenvalue weighted by Crippen LogP contribution is 2.28. The minimum atomic E-state index is -3.82. The van der Waals surface area contributed by atoms with Crippen LogP contribution >= 0.6 is 0 Å². The van der Waals surface area contributed by atoms with Crippen LogP contribution in [-0.2, 0) is 19.6 Å².